The molecule has 1 aliphatic carbocycles. The van der Waals surface area contributed by atoms with Gasteiger partial charge in [0.1, 0.15) is 19.8 Å². The Bertz CT molecular complexity index is 853. The number of carbonyl (C=O) groups excluding carboxylic acids is 1. The van der Waals surface area contributed by atoms with Gasteiger partial charge in [0.2, 0.25) is 0 Å². The molecular weight excluding hydrogens is 372 g/mol. The number of nitrogens with one attached hydrogen (secondary N) is 2. The van der Waals surface area contributed by atoms with Crippen LogP contribution in [0.4, 0.5) is 4.79 Å². The van der Waals surface area contributed by atoms with E-state index in [9.17, 15) is 4.79 Å². The molecule has 1 unspecified atom stereocenters. The molecule has 1 atom stereocenters. The Morgan fingerprint density at radius 3 is 2.62 bits per heavy atom. The molecule has 0 spiro atoms. The topological polar surface area (TPSA) is 78.1 Å². The highest BCUT2D eigenvalue weighted by molar-refractivity contribution is 5.74. The van der Waals surface area contributed by atoms with Gasteiger partial charge in [0.25, 0.3) is 0 Å². The van der Waals surface area contributed by atoms with E-state index in [0.29, 0.717) is 43.8 Å². The van der Waals surface area contributed by atoms with Crippen LogP contribution in [0.5, 0.6) is 23.0 Å². The maximum atomic E-state index is 12.4. The minimum atomic E-state index is -0.208. The van der Waals surface area contributed by atoms with Crippen molar-refractivity contribution in [3.63, 3.8) is 0 Å². The summed E-state index contributed by atoms with van der Waals surface area (Å²) in [5, 5.41) is 5.96. The maximum absolute atomic E-state index is 12.4. The van der Waals surface area contributed by atoms with Crippen molar-refractivity contribution in [2.75, 3.05) is 33.5 Å². The van der Waals surface area contributed by atoms with Gasteiger partial charge < -0.3 is 29.6 Å². The van der Waals surface area contributed by atoms with Gasteiger partial charge in [0.05, 0.1) is 19.7 Å². The van der Waals surface area contributed by atoms with Crippen LogP contribution in [-0.4, -0.2) is 39.5 Å². The van der Waals surface area contributed by atoms with Gasteiger partial charge >= 0.3 is 6.03 Å². The van der Waals surface area contributed by atoms with Crippen molar-refractivity contribution in [2.45, 2.75) is 18.9 Å². The van der Waals surface area contributed by atoms with E-state index < -0.39 is 0 Å². The third kappa shape index (κ3) is 4.85. The fraction of sp³-hybridized carbons (Fsp3) is 0.409. The smallest absolute Gasteiger partial charge is 0.315 e. The Morgan fingerprint density at radius 1 is 1.10 bits per heavy atom. The molecule has 0 radical (unpaired) electrons. The zero-order valence-electron chi connectivity index (χ0n) is 16.5. The monoisotopic (exact) mass is 398 g/mol. The number of methoxy groups -OCH3 is 1. The van der Waals surface area contributed by atoms with Crippen LogP contribution >= 0.6 is 0 Å². The fourth-order valence-corrected chi connectivity index (χ4v) is 3.41. The molecule has 154 valence electrons. The second-order valence-electron chi connectivity index (χ2n) is 7.12. The van der Waals surface area contributed by atoms with E-state index in [0.717, 1.165) is 29.9 Å². The summed E-state index contributed by atoms with van der Waals surface area (Å²) in [4.78, 5) is 12.4. The Morgan fingerprint density at radius 2 is 1.86 bits per heavy atom. The zero-order chi connectivity index (χ0) is 20.1. The first-order chi connectivity index (χ1) is 14.2. The number of ether oxygens (including phenoxy) is 4. The van der Waals surface area contributed by atoms with Crippen molar-refractivity contribution in [1.82, 2.24) is 10.6 Å². The first-order valence-electron chi connectivity index (χ1n) is 9.94. The average Bonchev–Trinajstić information content (AvgIpc) is 3.60. The number of benzene rings is 2. The van der Waals surface area contributed by atoms with Crippen molar-refractivity contribution in [3.8, 4) is 23.0 Å². The fourth-order valence-electron chi connectivity index (χ4n) is 3.41. The highest BCUT2D eigenvalue weighted by Gasteiger charge is 2.34. The number of para-hydroxylation sites is 2. The summed E-state index contributed by atoms with van der Waals surface area (Å²) in [5.74, 6) is 3.28. The van der Waals surface area contributed by atoms with Gasteiger partial charge in [-0.3, -0.25) is 0 Å². The molecule has 2 amide bonds. The average molecular weight is 398 g/mol. The van der Waals surface area contributed by atoms with E-state index in [1.54, 1.807) is 7.11 Å². The van der Waals surface area contributed by atoms with Gasteiger partial charge in [-0.25, -0.2) is 4.79 Å². The quantitative estimate of drug-likeness (QED) is 0.667. The van der Waals surface area contributed by atoms with Crippen molar-refractivity contribution < 1.29 is 23.7 Å². The van der Waals surface area contributed by atoms with Crippen LogP contribution in [0.1, 0.15) is 24.4 Å². The van der Waals surface area contributed by atoms with Gasteiger partial charge in [0.15, 0.2) is 23.0 Å². The summed E-state index contributed by atoms with van der Waals surface area (Å²) in [5.41, 5.74) is 1.04. The van der Waals surface area contributed by atoms with E-state index in [2.05, 4.69) is 10.6 Å². The molecule has 7 nitrogen and oxygen atoms in total. The minimum absolute atomic E-state index is 0.0408. The number of rotatable bonds is 8. The van der Waals surface area contributed by atoms with Crippen LogP contribution in [-0.2, 0) is 0 Å². The third-order valence-electron chi connectivity index (χ3n) is 5.02. The number of carbonyl (C=O) groups is 1. The molecule has 2 N–H and O–H groups in total. The predicted octanol–water partition coefficient (Wildman–Crippen LogP) is 3.30. The highest BCUT2D eigenvalue weighted by atomic mass is 16.6. The van der Waals surface area contributed by atoms with E-state index in [1.807, 2.05) is 42.5 Å². The number of hydrogen-bond acceptors (Lipinski definition) is 5. The van der Waals surface area contributed by atoms with Gasteiger partial charge in [-0.15, -0.1) is 0 Å². The molecule has 1 fully saturated rings. The second-order valence-corrected chi connectivity index (χ2v) is 7.12. The summed E-state index contributed by atoms with van der Waals surface area (Å²) in [7, 11) is 1.60. The lowest BCUT2D eigenvalue weighted by atomic mass is 10.0. The molecule has 7 heteroatoms. The largest absolute Gasteiger partial charge is 0.493 e. The molecule has 2 aromatic carbocycles. The van der Waals surface area contributed by atoms with Gasteiger partial charge in [-0.1, -0.05) is 18.2 Å². The summed E-state index contributed by atoms with van der Waals surface area (Å²) in [6, 6.07) is 13.1. The minimum Gasteiger partial charge on any atom is -0.493 e. The van der Waals surface area contributed by atoms with Crippen LogP contribution in [0.25, 0.3) is 0 Å². The van der Waals surface area contributed by atoms with E-state index in [1.165, 1.54) is 0 Å². The Kier molecular flexibility index (Phi) is 5.93. The molecule has 1 aliphatic heterocycles. The SMILES string of the molecule is COc1ccccc1OCCNC(=O)NC(c1ccc2c(c1)OCCO2)C1CC1. The van der Waals surface area contributed by atoms with Crippen molar-refractivity contribution in [1.29, 1.82) is 0 Å². The lowest BCUT2D eigenvalue weighted by Gasteiger charge is -2.23. The molecule has 2 aromatic rings. The Balaban J connectivity index is 1.29. The second kappa shape index (κ2) is 8.94. The van der Waals surface area contributed by atoms with Crippen molar-refractivity contribution >= 4 is 6.03 Å². The standard InChI is InChI=1S/C22H26N2O5/c1-26-17-4-2-3-5-18(17)27-11-10-23-22(25)24-21(15-6-7-15)16-8-9-19-20(14-16)29-13-12-28-19/h2-5,8-9,14-15,21H,6-7,10-13H2,1H3,(H2,23,24,25). The van der Waals surface area contributed by atoms with Crippen LogP contribution in [0.15, 0.2) is 42.5 Å². The molecule has 0 aromatic heterocycles. The summed E-state index contributed by atoms with van der Waals surface area (Å²) >= 11 is 0. The van der Waals surface area contributed by atoms with Crippen LogP contribution in [0, 0.1) is 5.92 Å². The van der Waals surface area contributed by atoms with E-state index in [4.69, 9.17) is 18.9 Å². The summed E-state index contributed by atoms with van der Waals surface area (Å²) in [6.45, 7) is 1.86. The lowest BCUT2D eigenvalue weighted by Crippen LogP contribution is -2.40. The van der Waals surface area contributed by atoms with E-state index >= 15 is 0 Å². The molecule has 29 heavy (non-hydrogen) atoms. The van der Waals surface area contributed by atoms with Crippen LogP contribution < -0.4 is 29.6 Å². The van der Waals surface area contributed by atoms with E-state index in [-0.39, 0.29) is 12.1 Å². The number of fused-ring (bicyclic) bond motifs is 1. The lowest BCUT2D eigenvalue weighted by molar-refractivity contribution is 0.171. The Hall–Kier alpha value is -3.09. The van der Waals surface area contributed by atoms with Crippen molar-refractivity contribution in [2.24, 2.45) is 5.92 Å². The van der Waals surface area contributed by atoms with Gasteiger partial charge in [0, 0.05) is 0 Å². The van der Waals surface area contributed by atoms with Gasteiger partial charge in [-0.2, -0.15) is 0 Å². The number of amides is 2. The summed E-state index contributed by atoms with van der Waals surface area (Å²) < 4.78 is 22.2. The highest BCUT2D eigenvalue weighted by Crippen LogP contribution is 2.43. The van der Waals surface area contributed by atoms with Crippen LogP contribution in [0.3, 0.4) is 0 Å². The molecule has 1 saturated carbocycles. The molecule has 4 rings (SSSR count). The molecule has 0 bridgehead atoms. The van der Waals surface area contributed by atoms with Crippen LogP contribution in [0.2, 0.25) is 0 Å². The van der Waals surface area contributed by atoms with Crippen molar-refractivity contribution in [3.05, 3.63) is 48.0 Å². The van der Waals surface area contributed by atoms with Gasteiger partial charge in [-0.05, 0) is 48.6 Å². The Labute approximate surface area is 170 Å². The first-order valence-corrected chi connectivity index (χ1v) is 9.94. The number of hydrogen-bond donors (Lipinski definition) is 2. The molecule has 1 heterocycles. The maximum Gasteiger partial charge on any atom is 0.315 e. The normalized spacial score (nSPS) is 15.9. The zero-order valence-corrected chi connectivity index (χ0v) is 16.5. The number of urea groups is 1. The predicted molar refractivity (Wildman–Crippen MR) is 108 cm³/mol. The molecule has 2 aliphatic rings. The molecular formula is C22H26N2O5. The third-order valence-corrected chi connectivity index (χ3v) is 5.02. The first kappa shape index (κ1) is 19.2. The molecule has 0 saturated heterocycles. The summed E-state index contributed by atoms with van der Waals surface area (Å²) in [6.07, 6.45) is 2.21.